The number of phosphoric acid groups is 1. The second-order valence-electron chi connectivity index (χ2n) is 5.69. The second kappa shape index (κ2) is 11.3. The molecule has 0 aromatic carbocycles. The third-order valence-corrected chi connectivity index (χ3v) is 4.19. The monoisotopic (exact) mass is 406 g/mol. The first-order valence-corrected chi connectivity index (χ1v) is 9.81. The Labute approximate surface area is 157 Å². The summed E-state index contributed by atoms with van der Waals surface area (Å²) in [5.74, 6) is -0.0111. The van der Waals surface area contributed by atoms with Crippen LogP contribution in [-0.4, -0.2) is 60.2 Å². The van der Waals surface area contributed by atoms with Crippen molar-refractivity contribution in [2.75, 3.05) is 32.7 Å². The predicted molar refractivity (Wildman–Crippen MR) is 100 cm³/mol. The predicted octanol–water partition coefficient (Wildman–Crippen LogP) is 1.19. The van der Waals surface area contributed by atoms with Gasteiger partial charge in [0.1, 0.15) is 5.69 Å². The molecule has 3 atom stereocenters. The molecular weight excluding hydrogens is 379 g/mol. The second-order valence-corrected chi connectivity index (χ2v) is 7.14. The lowest BCUT2D eigenvalue weighted by Gasteiger charge is -2.20. The van der Waals surface area contributed by atoms with E-state index < -0.39 is 19.5 Å². The number of methoxy groups -OCH3 is 1. The molecule has 4 N–H and O–H groups in total. The van der Waals surface area contributed by atoms with E-state index in [4.69, 9.17) is 24.3 Å². The molecule has 0 spiro atoms. The van der Waals surface area contributed by atoms with E-state index in [2.05, 4.69) is 15.0 Å². The number of H-pyrrole nitrogens is 1. The smallest absolute Gasteiger partial charge is 0.382 e. The van der Waals surface area contributed by atoms with E-state index in [1.165, 1.54) is 13.3 Å². The molecule has 0 aliphatic rings. The molecule has 27 heavy (non-hydrogen) atoms. The van der Waals surface area contributed by atoms with Gasteiger partial charge in [-0.1, -0.05) is 0 Å². The van der Waals surface area contributed by atoms with Gasteiger partial charge in [-0.05, 0) is 20.8 Å². The summed E-state index contributed by atoms with van der Waals surface area (Å²) in [7, 11) is -2.72. The molecule has 0 aliphatic heterocycles. The Balaban J connectivity index is 2.61. The number of hydrogen-bond donors (Lipinski definition) is 3. The molecule has 0 saturated heterocycles. The number of aliphatic imine (C=N–C) groups is 1. The molecule has 0 amide bonds. The highest BCUT2D eigenvalue weighted by molar-refractivity contribution is 7.47. The zero-order chi connectivity index (χ0) is 20.4. The van der Waals surface area contributed by atoms with Crippen LogP contribution < -0.4 is 11.3 Å². The molecule has 0 radical (unpaired) electrons. The maximum absolute atomic E-state index is 11.9. The molecule has 1 rings (SSSR count). The number of nitrogens with one attached hydrogen (secondary N) is 1. The first-order chi connectivity index (χ1) is 12.7. The lowest BCUT2D eigenvalue weighted by Crippen LogP contribution is -2.25. The minimum absolute atomic E-state index is 0.0111. The highest BCUT2D eigenvalue weighted by Gasteiger charge is 2.23. The first-order valence-electron chi connectivity index (χ1n) is 8.32. The summed E-state index contributed by atoms with van der Waals surface area (Å²) in [5, 5.41) is 0. The van der Waals surface area contributed by atoms with Crippen molar-refractivity contribution in [1.82, 2.24) is 9.97 Å². The maximum atomic E-state index is 11.9. The van der Waals surface area contributed by atoms with Crippen LogP contribution in [0.15, 0.2) is 9.79 Å². The maximum Gasteiger partial charge on any atom is 0.472 e. The Morgan fingerprint density at radius 2 is 2.04 bits per heavy atom. The van der Waals surface area contributed by atoms with Crippen molar-refractivity contribution in [2.45, 2.75) is 39.4 Å². The van der Waals surface area contributed by atoms with Gasteiger partial charge in [0.05, 0.1) is 37.7 Å². The van der Waals surface area contributed by atoms with Gasteiger partial charge in [-0.2, -0.15) is 0 Å². The Kier molecular flexibility index (Phi) is 9.78. The van der Waals surface area contributed by atoms with Crippen molar-refractivity contribution in [1.29, 1.82) is 0 Å². The summed E-state index contributed by atoms with van der Waals surface area (Å²) in [6.45, 7) is 5.08. The molecule has 154 valence electrons. The molecule has 1 heterocycles. The number of phosphoric ester groups is 1. The highest BCUT2D eigenvalue weighted by atomic mass is 31.2. The first kappa shape index (κ1) is 23.4. The molecule has 0 fully saturated rings. The van der Waals surface area contributed by atoms with Crippen molar-refractivity contribution >= 4 is 25.7 Å². The average Bonchev–Trinajstić information content (AvgIpc) is 2.56. The van der Waals surface area contributed by atoms with Gasteiger partial charge in [-0.25, -0.2) is 9.55 Å². The SMILES string of the molecule is C/C=N\c1c(CC(C)OC(C)COP(=O)(O)OCCOC)nc(N)[nH]c1=O. The van der Waals surface area contributed by atoms with E-state index in [1.54, 1.807) is 20.8 Å². The summed E-state index contributed by atoms with van der Waals surface area (Å²) in [6.07, 6.45) is 0.863. The van der Waals surface area contributed by atoms with Crippen molar-refractivity contribution in [3.8, 4) is 0 Å². The van der Waals surface area contributed by atoms with Crippen LogP contribution in [0.4, 0.5) is 11.6 Å². The molecule has 1 aromatic rings. The van der Waals surface area contributed by atoms with E-state index in [0.717, 1.165) is 0 Å². The molecule has 1 aromatic heterocycles. The zero-order valence-corrected chi connectivity index (χ0v) is 16.8. The fourth-order valence-corrected chi connectivity index (χ4v) is 2.94. The van der Waals surface area contributed by atoms with E-state index >= 15 is 0 Å². The van der Waals surface area contributed by atoms with Crippen molar-refractivity contribution in [3.05, 3.63) is 16.0 Å². The van der Waals surface area contributed by atoms with Gasteiger partial charge in [0.25, 0.3) is 5.56 Å². The summed E-state index contributed by atoms with van der Waals surface area (Å²) in [5.41, 5.74) is 5.71. The van der Waals surface area contributed by atoms with E-state index in [-0.39, 0.29) is 44.0 Å². The lowest BCUT2D eigenvalue weighted by molar-refractivity contribution is -0.0229. The standard InChI is InChI=1S/C15H27N4O7P/c1-5-17-13-12(18-15(16)19-14(13)20)8-10(2)26-11(3)9-25-27(21,22)24-7-6-23-4/h5,10-11H,6-9H2,1-4H3,(H,21,22)(H3,16,18,19,20)/b17-5-. The minimum Gasteiger partial charge on any atom is -0.382 e. The van der Waals surface area contributed by atoms with Crippen molar-refractivity contribution in [2.24, 2.45) is 4.99 Å². The number of nitrogen functional groups attached to an aromatic ring is 1. The van der Waals surface area contributed by atoms with Gasteiger partial charge in [-0.15, -0.1) is 0 Å². The Morgan fingerprint density at radius 3 is 2.67 bits per heavy atom. The third kappa shape index (κ3) is 8.74. The molecule has 3 unspecified atom stereocenters. The Hall–Kier alpha value is -1.62. The van der Waals surface area contributed by atoms with Crippen LogP contribution in [0.2, 0.25) is 0 Å². The van der Waals surface area contributed by atoms with E-state index in [9.17, 15) is 14.3 Å². The number of anilines is 1. The molecular formula is C15H27N4O7P. The van der Waals surface area contributed by atoms with Crippen molar-refractivity contribution < 1.29 is 28.0 Å². The van der Waals surface area contributed by atoms with Gasteiger partial charge in [-0.3, -0.25) is 23.8 Å². The fourth-order valence-electron chi connectivity index (χ4n) is 2.17. The number of aromatic amines is 1. The van der Waals surface area contributed by atoms with Crippen molar-refractivity contribution in [3.63, 3.8) is 0 Å². The number of rotatable bonds is 12. The van der Waals surface area contributed by atoms with Crippen LogP contribution in [0.3, 0.4) is 0 Å². The molecule has 0 saturated carbocycles. The van der Waals surface area contributed by atoms with E-state index in [0.29, 0.717) is 5.69 Å². The number of ether oxygens (including phenoxy) is 2. The highest BCUT2D eigenvalue weighted by Crippen LogP contribution is 2.43. The van der Waals surface area contributed by atoms with Gasteiger partial charge in [0, 0.05) is 19.7 Å². The van der Waals surface area contributed by atoms with E-state index in [1.807, 2.05) is 0 Å². The summed E-state index contributed by atoms with van der Waals surface area (Å²) >= 11 is 0. The number of nitrogens with zero attached hydrogens (tertiary/aromatic N) is 2. The summed E-state index contributed by atoms with van der Waals surface area (Å²) in [6, 6.07) is 0. The molecule has 0 bridgehead atoms. The van der Waals surface area contributed by atoms with Crippen LogP contribution in [-0.2, 0) is 29.5 Å². The van der Waals surface area contributed by atoms with Crippen LogP contribution in [0, 0.1) is 0 Å². The lowest BCUT2D eigenvalue weighted by atomic mass is 10.2. The Morgan fingerprint density at radius 1 is 1.33 bits per heavy atom. The van der Waals surface area contributed by atoms with Gasteiger partial charge >= 0.3 is 7.82 Å². The molecule has 12 heteroatoms. The van der Waals surface area contributed by atoms with Gasteiger partial charge in [0.2, 0.25) is 5.95 Å². The summed E-state index contributed by atoms with van der Waals surface area (Å²) in [4.78, 5) is 32.0. The molecule has 11 nitrogen and oxygen atoms in total. The summed E-state index contributed by atoms with van der Waals surface area (Å²) < 4.78 is 31.7. The minimum atomic E-state index is -4.17. The zero-order valence-electron chi connectivity index (χ0n) is 15.9. The topological polar surface area (TPSA) is 158 Å². The number of hydrogen-bond acceptors (Lipinski definition) is 9. The fraction of sp³-hybridized carbons (Fsp3) is 0.667. The third-order valence-electron chi connectivity index (χ3n) is 3.20. The van der Waals surface area contributed by atoms with Crippen LogP contribution >= 0.6 is 7.82 Å². The quantitative estimate of drug-likeness (QED) is 0.263. The number of aromatic nitrogens is 2. The van der Waals surface area contributed by atoms with Gasteiger partial charge < -0.3 is 20.1 Å². The van der Waals surface area contributed by atoms with Gasteiger partial charge in [0.15, 0.2) is 0 Å². The van der Waals surface area contributed by atoms with Crippen LogP contribution in [0.1, 0.15) is 26.5 Å². The van der Waals surface area contributed by atoms with Crippen LogP contribution in [0.5, 0.6) is 0 Å². The largest absolute Gasteiger partial charge is 0.472 e. The molecule has 0 aliphatic carbocycles. The number of nitrogens with two attached hydrogens (primary N) is 1. The average molecular weight is 406 g/mol. The van der Waals surface area contributed by atoms with Crippen LogP contribution in [0.25, 0.3) is 0 Å². The Bertz CT molecular complexity index is 725. The normalized spacial score (nSPS) is 16.3.